The van der Waals surface area contributed by atoms with Crippen LogP contribution >= 0.6 is 11.6 Å². The van der Waals surface area contributed by atoms with Crippen molar-refractivity contribution >= 4 is 23.5 Å². The molecule has 1 atom stereocenters. The van der Waals surface area contributed by atoms with E-state index in [4.69, 9.17) is 21.1 Å². The van der Waals surface area contributed by atoms with Crippen molar-refractivity contribution in [1.29, 1.82) is 0 Å². The lowest BCUT2D eigenvalue weighted by molar-refractivity contribution is 0.00804. The number of nitrogens with zero attached hydrogens (tertiary/aromatic N) is 1. The van der Waals surface area contributed by atoms with E-state index >= 15 is 0 Å². The molecule has 0 saturated carbocycles. The number of ether oxygens (including phenoxy) is 2. The monoisotopic (exact) mass is 433 g/mol. The number of carbonyl (C=O) groups is 2. The molecule has 1 fully saturated rings. The molecule has 0 N–H and O–H groups in total. The lowest BCUT2D eigenvalue weighted by Gasteiger charge is -2.33. The Morgan fingerprint density at radius 3 is 2.50 bits per heavy atom. The van der Waals surface area contributed by atoms with E-state index in [1.165, 1.54) is 24.3 Å². The van der Waals surface area contributed by atoms with Crippen LogP contribution in [0.5, 0.6) is 0 Å². The molecule has 30 heavy (non-hydrogen) atoms. The molecule has 0 radical (unpaired) electrons. The van der Waals surface area contributed by atoms with Gasteiger partial charge >= 0.3 is 6.16 Å². The Morgan fingerprint density at radius 2 is 1.87 bits per heavy atom. The van der Waals surface area contributed by atoms with Gasteiger partial charge in [0.1, 0.15) is 11.9 Å². The molecule has 0 amide bonds. The van der Waals surface area contributed by atoms with Gasteiger partial charge in [-0.2, -0.15) is 0 Å². The zero-order valence-corrected chi connectivity index (χ0v) is 17.6. The van der Waals surface area contributed by atoms with Crippen LogP contribution < -0.4 is 0 Å². The number of ketones is 1. The molecule has 5 nitrogen and oxygen atoms in total. The van der Waals surface area contributed by atoms with Crippen molar-refractivity contribution in [3.05, 3.63) is 70.5 Å². The van der Waals surface area contributed by atoms with Crippen LogP contribution in [0.1, 0.15) is 41.8 Å². The van der Waals surface area contributed by atoms with E-state index in [-0.39, 0.29) is 24.1 Å². The molecule has 0 aromatic heterocycles. The first-order valence-corrected chi connectivity index (χ1v) is 10.4. The highest BCUT2D eigenvalue weighted by molar-refractivity contribution is 6.30. The van der Waals surface area contributed by atoms with Gasteiger partial charge in [-0.3, -0.25) is 9.69 Å². The predicted octanol–water partition coefficient (Wildman–Crippen LogP) is 5.29. The van der Waals surface area contributed by atoms with Gasteiger partial charge in [0.2, 0.25) is 0 Å². The van der Waals surface area contributed by atoms with Gasteiger partial charge in [-0.15, -0.1) is 0 Å². The number of likely N-dealkylation sites (tertiary alicyclic amines) is 1. The fourth-order valence-electron chi connectivity index (χ4n) is 3.65. The summed E-state index contributed by atoms with van der Waals surface area (Å²) in [6.45, 7) is 3.83. The lowest BCUT2D eigenvalue weighted by Crippen LogP contribution is -2.39. The van der Waals surface area contributed by atoms with Crippen molar-refractivity contribution in [2.24, 2.45) is 5.92 Å². The Kier molecular flexibility index (Phi) is 7.82. The molecular weight excluding hydrogens is 409 g/mol. The lowest BCUT2D eigenvalue weighted by atomic mass is 9.88. The number of hydrogen-bond acceptors (Lipinski definition) is 5. The zero-order valence-electron chi connectivity index (χ0n) is 16.9. The third kappa shape index (κ3) is 6.03. The minimum Gasteiger partial charge on any atom is -0.435 e. The van der Waals surface area contributed by atoms with Crippen molar-refractivity contribution in [3.63, 3.8) is 0 Å². The zero-order chi connectivity index (χ0) is 21.5. The number of halogens is 2. The maximum absolute atomic E-state index is 13.1. The van der Waals surface area contributed by atoms with E-state index in [1.807, 2.05) is 12.1 Å². The molecule has 1 aliphatic rings. The Balaban J connectivity index is 1.61. The van der Waals surface area contributed by atoms with Gasteiger partial charge in [-0.05, 0) is 74.8 Å². The van der Waals surface area contributed by atoms with Gasteiger partial charge in [0.15, 0.2) is 5.78 Å². The van der Waals surface area contributed by atoms with Gasteiger partial charge < -0.3 is 9.47 Å². The summed E-state index contributed by atoms with van der Waals surface area (Å²) >= 11 is 6.11. The van der Waals surface area contributed by atoms with Crippen LogP contribution in [0.15, 0.2) is 48.5 Å². The average molecular weight is 434 g/mol. The van der Waals surface area contributed by atoms with Gasteiger partial charge in [0.25, 0.3) is 0 Å². The number of benzene rings is 2. The summed E-state index contributed by atoms with van der Waals surface area (Å²) < 4.78 is 23.6. The summed E-state index contributed by atoms with van der Waals surface area (Å²) in [6.07, 6.45) is 0.145. The molecule has 160 valence electrons. The molecular formula is C23H25ClFNO4. The highest BCUT2D eigenvalue weighted by Crippen LogP contribution is 2.27. The van der Waals surface area contributed by atoms with Gasteiger partial charge in [0, 0.05) is 23.0 Å². The molecule has 1 aliphatic heterocycles. The summed E-state index contributed by atoms with van der Waals surface area (Å²) in [7, 11) is 0. The first-order valence-electron chi connectivity index (χ1n) is 10.1. The molecule has 7 heteroatoms. The van der Waals surface area contributed by atoms with E-state index in [9.17, 15) is 14.0 Å². The van der Waals surface area contributed by atoms with Crippen LogP contribution in [0.4, 0.5) is 9.18 Å². The summed E-state index contributed by atoms with van der Waals surface area (Å²) in [5.74, 6) is -0.402. The molecule has 0 spiro atoms. The fraction of sp³-hybridized carbons (Fsp3) is 0.391. The number of rotatable bonds is 7. The summed E-state index contributed by atoms with van der Waals surface area (Å²) in [5.41, 5.74) is 1.33. The topological polar surface area (TPSA) is 55.8 Å². The largest absolute Gasteiger partial charge is 0.508 e. The summed E-state index contributed by atoms with van der Waals surface area (Å²) in [4.78, 5) is 26.7. The SMILES string of the molecule is CCOC(=O)OC(CN1CCC(C(=O)c2ccc(F)cc2)CC1)c1cccc(Cl)c1. The van der Waals surface area contributed by atoms with Crippen LogP contribution in [0.2, 0.25) is 5.02 Å². The van der Waals surface area contributed by atoms with Crippen LogP contribution in [0, 0.1) is 11.7 Å². The maximum atomic E-state index is 13.1. The first-order chi connectivity index (χ1) is 14.5. The molecule has 0 aliphatic carbocycles. The van der Waals surface area contributed by atoms with E-state index in [1.54, 1.807) is 19.1 Å². The Hall–Kier alpha value is -2.44. The van der Waals surface area contributed by atoms with Crippen molar-refractivity contribution in [1.82, 2.24) is 4.90 Å². The highest BCUT2D eigenvalue weighted by Gasteiger charge is 2.28. The molecule has 3 rings (SSSR count). The molecule has 2 aromatic carbocycles. The number of piperidine rings is 1. The molecule has 1 heterocycles. The molecule has 1 unspecified atom stereocenters. The minimum atomic E-state index is -0.719. The second-order valence-corrected chi connectivity index (χ2v) is 7.73. The Bertz CT molecular complexity index is 866. The summed E-state index contributed by atoms with van der Waals surface area (Å²) in [5, 5.41) is 0.563. The standard InChI is InChI=1S/C23H25ClFNO4/c1-2-29-23(28)30-21(18-4-3-5-19(24)14-18)15-26-12-10-17(11-13-26)22(27)16-6-8-20(25)9-7-16/h3-9,14,17,21H,2,10-13,15H2,1H3. The smallest absolute Gasteiger partial charge is 0.435 e. The van der Waals surface area contributed by atoms with E-state index in [0.29, 0.717) is 43.1 Å². The van der Waals surface area contributed by atoms with Crippen LogP contribution in [-0.2, 0) is 9.47 Å². The second-order valence-electron chi connectivity index (χ2n) is 7.29. The molecule has 2 aromatic rings. The van der Waals surface area contributed by atoms with Gasteiger partial charge in [-0.1, -0.05) is 23.7 Å². The Morgan fingerprint density at radius 1 is 1.17 bits per heavy atom. The fourth-order valence-corrected chi connectivity index (χ4v) is 3.85. The summed E-state index contributed by atoms with van der Waals surface area (Å²) in [6, 6.07) is 12.9. The van der Waals surface area contributed by atoms with Crippen molar-refractivity contribution in [2.45, 2.75) is 25.9 Å². The Labute approximate surface area is 180 Å². The van der Waals surface area contributed by atoms with Crippen molar-refractivity contribution in [3.8, 4) is 0 Å². The van der Waals surface area contributed by atoms with Gasteiger partial charge in [-0.25, -0.2) is 9.18 Å². The number of hydrogen-bond donors (Lipinski definition) is 0. The normalized spacial score (nSPS) is 16.1. The number of carbonyl (C=O) groups excluding carboxylic acids is 2. The third-order valence-corrected chi connectivity index (χ3v) is 5.47. The van der Waals surface area contributed by atoms with E-state index in [0.717, 1.165) is 5.56 Å². The van der Waals surface area contributed by atoms with Crippen molar-refractivity contribution < 1.29 is 23.5 Å². The van der Waals surface area contributed by atoms with Gasteiger partial charge in [0.05, 0.1) is 6.61 Å². The van der Waals surface area contributed by atoms with E-state index in [2.05, 4.69) is 4.90 Å². The quantitative estimate of drug-likeness (QED) is 0.438. The van der Waals surface area contributed by atoms with Crippen molar-refractivity contribution in [2.75, 3.05) is 26.2 Å². The third-order valence-electron chi connectivity index (χ3n) is 5.23. The highest BCUT2D eigenvalue weighted by atomic mass is 35.5. The second kappa shape index (κ2) is 10.5. The molecule has 0 bridgehead atoms. The maximum Gasteiger partial charge on any atom is 0.508 e. The van der Waals surface area contributed by atoms with Crippen LogP contribution in [0.3, 0.4) is 0 Å². The van der Waals surface area contributed by atoms with Crippen LogP contribution in [-0.4, -0.2) is 43.1 Å². The van der Waals surface area contributed by atoms with Crippen LogP contribution in [0.25, 0.3) is 0 Å². The average Bonchev–Trinajstić information content (AvgIpc) is 2.74. The van der Waals surface area contributed by atoms with E-state index < -0.39 is 12.3 Å². The number of Topliss-reactive ketones (excluding diaryl/α,β-unsaturated/α-hetero) is 1. The predicted molar refractivity (Wildman–Crippen MR) is 112 cm³/mol. The first kappa shape index (κ1) is 22.2. The minimum absolute atomic E-state index is 0.0452. The molecule has 1 saturated heterocycles.